The number of nitrogens with zero attached hydrogens (tertiary/aromatic N) is 1. The Labute approximate surface area is 102 Å². The molecule has 2 N–H and O–H groups in total. The molecule has 96 valence electrons. The number of carbonyl (C=O) groups excluding carboxylic acids is 2. The van der Waals surface area contributed by atoms with E-state index in [1.54, 1.807) is 4.90 Å². The molecule has 2 rings (SSSR count). The SMILES string of the molecule is CC1CNCC1C(=O)N1CCNC(=O)C1(C)C. The Bertz CT molecular complexity index is 341. The van der Waals surface area contributed by atoms with Crippen LogP contribution in [0.25, 0.3) is 0 Å². The van der Waals surface area contributed by atoms with E-state index in [1.165, 1.54) is 0 Å². The molecule has 0 aromatic carbocycles. The maximum atomic E-state index is 12.5. The second-order valence-corrected chi connectivity index (χ2v) is 5.55. The van der Waals surface area contributed by atoms with Crippen LogP contribution in [-0.4, -0.2) is 48.4 Å². The van der Waals surface area contributed by atoms with Crippen LogP contribution in [0.3, 0.4) is 0 Å². The van der Waals surface area contributed by atoms with Gasteiger partial charge < -0.3 is 15.5 Å². The molecule has 17 heavy (non-hydrogen) atoms. The molecular formula is C12H21N3O2. The van der Waals surface area contributed by atoms with E-state index in [2.05, 4.69) is 17.6 Å². The zero-order chi connectivity index (χ0) is 12.6. The molecule has 0 spiro atoms. The normalized spacial score (nSPS) is 32.4. The van der Waals surface area contributed by atoms with Gasteiger partial charge in [-0.05, 0) is 26.3 Å². The minimum atomic E-state index is -0.725. The van der Waals surface area contributed by atoms with Crippen LogP contribution < -0.4 is 10.6 Å². The molecule has 2 atom stereocenters. The predicted molar refractivity (Wildman–Crippen MR) is 64.3 cm³/mol. The summed E-state index contributed by atoms with van der Waals surface area (Å²) in [6.45, 7) is 8.49. The molecule has 0 bridgehead atoms. The van der Waals surface area contributed by atoms with Gasteiger partial charge in [-0.25, -0.2) is 0 Å². The first-order chi connectivity index (χ1) is 7.94. The molecule has 2 aliphatic heterocycles. The van der Waals surface area contributed by atoms with Gasteiger partial charge in [0, 0.05) is 19.6 Å². The fourth-order valence-corrected chi connectivity index (χ4v) is 2.63. The second kappa shape index (κ2) is 4.29. The molecule has 2 fully saturated rings. The maximum Gasteiger partial charge on any atom is 0.245 e. The summed E-state index contributed by atoms with van der Waals surface area (Å²) in [4.78, 5) is 26.0. The highest BCUT2D eigenvalue weighted by Crippen LogP contribution is 2.25. The Morgan fingerprint density at radius 2 is 2.12 bits per heavy atom. The van der Waals surface area contributed by atoms with Crippen molar-refractivity contribution in [2.75, 3.05) is 26.2 Å². The number of carbonyl (C=O) groups is 2. The second-order valence-electron chi connectivity index (χ2n) is 5.55. The highest BCUT2D eigenvalue weighted by molar-refractivity contribution is 5.92. The summed E-state index contributed by atoms with van der Waals surface area (Å²) in [6, 6.07) is 0. The topological polar surface area (TPSA) is 61.4 Å². The average molecular weight is 239 g/mol. The maximum absolute atomic E-state index is 12.5. The van der Waals surface area contributed by atoms with Crippen LogP contribution in [-0.2, 0) is 9.59 Å². The van der Waals surface area contributed by atoms with E-state index in [4.69, 9.17) is 0 Å². The molecule has 5 nitrogen and oxygen atoms in total. The summed E-state index contributed by atoms with van der Waals surface area (Å²) in [5, 5.41) is 6.04. The first kappa shape index (κ1) is 12.4. The molecule has 0 aromatic heterocycles. The molecule has 0 saturated carbocycles. The number of hydrogen-bond donors (Lipinski definition) is 2. The van der Waals surface area contributed by atoms with E-state index in [-0.39, 0.29) is 17.7 Å². The van der Waals surface area contributed by atoms with E-state index in [9.17, 15) is 9.59 Å². The van der Waals surface area contributed by atoms with Gasteiger partial charge in [0.2, 0.25) is 11.8 Å². The van der Waals surface area contributed by atoms with Gasteiger partial charge >= 0.3 is 0 Å². The number of piperazine rings is 1. The van der Waals surface area contributed by atoms with Crippen molar-refractivity contribution in [3.63, 3.8) is 0 Å². The van der Waals surface area contributed by atoms with Crippen molar-refractivity contribution < 1.29 is 9.59 Å². The summed E-state index contributed by atoms with van der Waals surface area (Å²) < 4.78 is 0. The van der Waals surface area contributed by atoms with Crippen molar-refractivity contribution in [1.82, 2.24) is 15.5 Å². The minimum absolute atomic E-state index is 0.0141. The fourth-order valence-electron chi connectivity index (χ4n) is 2.63. The van der Waals surface area contributed by atoms with Gasteiger partial charge in [-0.1, -0.05) is 6.92 Å². The van der Waals surface area contributed by atoms with Gasteiger partial charge in [-0.15, -0.1) is 0 Å². The Morgan fingerprint density at radius 1 is 1.41 bits per heavy atom. The third-order valence-corrected chi connectivity index (χ3v) is 3.95. The number of nitrogens with one attached hydrogen (secondary N) is 2. The van der Waals surface area contributed by atoms with Crippen molar-refractivity contribution >= 4 is 11.8 Å². The van der Waals surface area contributed by atoms with Crippen LogP contribution in [0.15, 0.2) is 0 Å². The number of rotatable bonds is 1. The molecule has 2 unspecified atom stereocenters. The van der Waals surface area contributed by atoms with E-state index < -0.39 is 5.54 Å². The molecular weight excluding hydrogens is 218 g/mol. The van der Waals surface area contributed by atoms with Crippen molar-refractivity contribution in [3.8, 4) is 0 Å². The van der Waals surface area contributed by atoms with Gasteiger partial charge in [0.15, 0.2) is 0 Å². The number of hydrogen-bond acceptors (Lipinski definition) is 3. The zero-order valence-electron chi connectivity index (χ0n) is 10.7. The molecule has 0 aromatic rings. The highest BCUT2D eigenvalue weighted by Gasteiger charge is 2.44. The Balaban J connectivity index is 2.15. The monoisotopic (exact) mass is 239 g/mol. The van der Waals surface area contributed by atoms with Crippen LogP contribution in [0.5, 0.6) is 0 Å². The first-order valence-electron chi connectivity index (χ1n) is 6.25. The van der Waals surface area contributed by atoms with Crippen LogP contribution in [0.4, 0.5) is 0 Å². The van der Waals surface area contributed by atoms with Crippen molar-refractivity contribution in [2.45, 2.75) is 26.3 Å². The highest BCUT2D eigenvalue weighted by atomic mass is 16.2. The summed E-state index contributed by atoms with van der Waals surface area (Å²) >= 11 is 0. The third-order valence-electron chi connectivity index (χ3n) is 3.95. The predicted octanol–water partition coefficient (Wildman–Crippen LogP) is -0.421. The first-order valence-corrected chi connectivity index (χ1v) is 6.25. The zero-order valence-corrected chi connectivity index (χ0v) is 10.7. The minimum Gasteiger partial charge on any atom is -0.352 e. The molecule has 2 saturated heterocycles. The number of amides is 2. The van der Waals surface area contributed by atoms with Gasteiger partial charge in [-0.2, -0.15) is 0 Å². The molecule has 5 heteroatoms. The lowest BCUT2D eigenvalue weighted by Crippen LogP contribution is -2.64. The molecule has 2 aliphatic rings. The lowest BCUT2D eigenvalue weighted by molar-refractivity contribution is -0.152. The largest absolute Gasteiger partial charge is 0.352 e. The van der Waals surface area contributed by atoms with Crippen LogP contribution in [0, 0.1) is 11.8 Å². The lowest BCUT2D eigenvalue weighted by Gasteiger charge is -2.42. The van der Waals surface area contributed by atoms with Crippen molar-refractivity contribution in [1.29, 1.82) is 0 Å². The van der Waals surface area contributed by atoms with Crippen LogP contribution >= 0.6 is 0 Å². The van der Waals surface area contributed by atoms with E-state index in [0.29, 0.717) is 19.0 Å². The lowest BCUT2D eigenvalue weighted by atomic mass is 9.92. The van der Waals surface area contributed by atoms with Crippen molar-refractivity contribution in [3.05, 3.63) is 0 Å². The Hall–Kier alpha value is -1.10. The van der Waals surface area contributed by atoms with Gasteiger partial charge in [0.05, 0.1) is 5.92 Å². The van der Waals surface area contributed by atoms with E-state index in [1.807, 2.05) is 13.8 Å². The quantitative estimate of drug-likeness (QED) is 0.653. The van der Waals surface area contributed by atoms with Gasteiger partial charge in [-0.3, -0.25) is 9.59 Å². The summed E-state index contributed by atoms with van der Waals surface area (Å²) in [7, 11) is 0. The standard InChI is InChI=1S/C12H21N3O2/c1-8-6-13-7-9(8)10(16)15-5-4-14-11(17)12(15,2)3/h8-9,13H,4-7H2,1-3H3,(H,14,17). The summed E-state index contributed by atoms with van der Waals surface area (Å²) in [5.74, 6) is 0.418. The average Bonchev–Trinajstić information content (AvgIpc) is 2.68. The van der Waals surface area contributed by atoms with Crippen LogP contribution in [0.1, 0.15) is 20.8 Å². The van der Waals surface area contributed by atoms with Gasteiger partial charge in [0.1, 0.15) is 5.54 Å². The van der Waals surface area contributed by atoms with Gasteiger partial charge in [0.25, 0.3) is 0 Å². The Kier molecular flexibility index (Phi) is 3.12. The van der Waals surface area contributed by atoms with Crippen LogP contribution in [0.2, 0.25) is 0 Å². The summed E-state index contributed by atoms with van der Waals surface area (Å²) in [6.07, 6.45) is 0. The molecule has 0 radical (unpaired) electrons. The molecule has 2 amide bonds. The molecule has 2 heterocycles. The fraction of sp³-hybridized carbons (Fsp3) is 0.833. The Morgan fingerprint density at radius 3 is 2.71 bits per heavy atom. The molecule has 0 aliphatic carbocycles. The third kappa shape index (κ3) is 2.04. The van der Waals surface area contributed by atoms with Crippen molar-refractivity contribution in [2.24, 2.45) is 11.8 Å². The smallest absolute Gasteiger partial charge is 0.245 e. The van der Waals surface area contributed by atoms with E-state index >= 15 is 0 Å². The summed E-state index contributed by atoms with van der Waals surface area (Å²) in [5.41, 5.74) is -0.725. The van der Waals surface area contributed by atoms with E-state index in [0.717, 1.165) is 13.1 Å².